The summed E-state index contributed by atoms with van der Waals surface area (Å²) in [5.41, 5.74) is 0.486. The van der Waals surface area contributed by atoms with Crippen molar-refractivity contribution in [2.45, 2.75) is 20.0 Å². The Kier molecular flexibility index (Phi) is 5.87. The minimum atomic E-state index is -0.117. The number of hydrogen-bond acceptors (Lipinski definition) is 3. The van der Waals surface area contributed by atoms with Crippen LogP contribution in [0.15, 0.2) is 18.2 Å². The summed E-state index contributed by atoms with van der Waals surface area (Å²) in [5.74, 6) is 0.0161. The highest BCUT2D eigenvalue weighted by Gasteiger charge is 2.13. The molecular formula is C13H18INO3. The summed E-state index contributed by atoms with van der Waals surface area (Å²) >= 11 is 2.02. The van der Waals surface area contributed by atoms with Gasteiger partial charge in [-0.1, -0.05) is 0 Å². The predicted molar refractivity (Wildman–Crippen MR) is 78.9 cm³/mol. The van der Waals surface area contributed by atoms with Crippen LogP contribution < -0.4 is 0 Å². The van der Waals surface area contributed by atoms with Gasteiger partial charge in [0.15, 0.2) is 0 Å². The van der Waals surface area contributed by atoms with Crippen LogP contribution in [0.3, 0.4) is 0 Å². The highest BCUT2D eigenvalue weighted by molar-refractivity contribution is 14.1. The maximum absolute atomic E-state index is 12.0. The molecule has 0 atom stereocenters. The number of phenols is 1. The van der Waals surface area contributed by atoms with Crippen molar-refractivity contribution in [2.75, 3.05) is 20.2 Å². The number of likely N-dealkylation sites (N-methyl/N-ethyl adjacent to an activating group) is 1. The normalized spacial score (nSPS) is 10.7. The van der Waals surface area contributed by atoms with Gasteiger partial charge in [0.2, 0.25) is 0 Å². The molecule has 18 heavy (non-hydrogen) atoms. The van der Waals surface area contributed by atoms with Gasteiger partial charge in [0.25, 0.3) is 5.91 Å². The first-order valence-electron chi connectivity index (χ1n) is 5.77. The lowest BCUT2D eigenvalue weighted by Crippen LogP contribution is -2.30. The van der Waals surface area contributed by atoms with E-state index < -0.39 is 0 Å². The topological polar surface area (TPSA) is 49.8 Å². The van der Waals surface area contributed by atoms with Crippen molar-refractivity contribution in [1.82, 2.24) is 4.90 Å². The van der Waals surface area contributed by atoms with Gasteiger partial charge in [-0.2, -0.15) is 0 Å². The average molecular weight is 363 g/mol. The fourth-order valence-electron chi connectivity index (χ4n) is 1.39. The van der Waals surface area contributed by atoms with Gasteiger partial charge >= 0.3 is 0 Å². The largest absolute Gasteiger partial charge is 0.507 e. The van der Waals surface area contributed by atoms with Crippen LogP contribution in [0.5, 0.6) is 5.75 Å². The SMILES string of the molecule is CC(C)OCCN(C)C(=O)c1ccc(I)c(O)c1. The maximum Gasteiger partial charge on any atom is 0.253 e. The molecule has 1 aromatic carbocycles. The van der Waals surface area contributed by atoms with Crippen LogP contribution in [0.1, 0.15) is 24.2 Å². The van der Waals surface area contributed by atoms with E-state index in [0.717, 1.165) is 3.57 Å². The van der Waals surface area contributed by atoms with Crippen molar-refractivity contribution in [3.05, 3.63) is 27.3 Å². The number of halogens is 1. The number of carbonyl (C=O) groups excluding carboxylic acids is 1. The van der Waals surface area contributed by atoms with Crippen molar-refractivity contribution in [3.63, 3.8) is 0 Å². The Balaban J connectivity index is 2.60. The van der Waals surface area contributed by atoms with E-state index in [0.29, 0.717) is 18.7 Å². The molecule has 0 bridgehead atoms. The quantitative estimate of drug-likeness (QED) is 0.818. The first-order valence-corrected chi connectivity index (χ1v) is 6.85. The van der Waals surface area contributed by atoms with Gasteiger partial charge in [0.1, 0.15) is 5.75 Å². The molecular weight excluding hydrogens is 345 g/mol. The first kappa shape index (κ1) is 15.2. The van der Waals surface area contributed by atoms with E-state index in [2.05, 4.69) is 0 Å². The number of rotatable bonds is 5. The van der Waals surface area contributed by atoms with Gasteiger partial charge in [-0.25, -0.2) is 0 Å². The Labute approximate surface area is 121 Å². The van der Waals surface area contributed by atoms with Crippen LogP contribution in [0.2, 0.25) is 0 Å². The Morgan fingerprint density at radius 1 is 1.50 bits per heavy atom. The van der Waals surface area contributed by atoms with E-state index in [-0.39, 0.29) is 17.8 Å². The number of nitrogens with zero attached hydrogens (tertiary/aromatic N) is 1. The van der Waals surface area contributed by atoms with Crippen LogP contribution in [0, 0.1) is 3.57 Å². The molecule has 0 spiro atoms. The Morgan fingerprint density at radius 2 is 2.17 bits per heavy atom. The maximum atomic E-state index is 12.0. The van der Waals surface area contributed by atoms with Gasteiger partial charge in [0.05, 0.1) is 16.3 Å². The molecule has 0 aliphatic rings. The number of amides is 1. The number of carbonyl (C=O) groups is 1. The Hall–Kier alpha value is -0.820. The number of phenolic OH excluding ortho intramolecular Hbond substituents is 1. The summed E-state index contributed by atoms with van der Waals surface area (Å²) in [6.45, 7) is 4.96. The predicted octanol–water partition coefficient (Wildman–Crippen LogP) is 2.49. The number of hydrogen-bond donors (Lipinski definition) is 1. The number of benzene rings is 1. The molecule has 100 valence electrons. The molecule has 0 radical (unpaired) electrons. The standard InChI is InChI=1S/C13H18INO3/c1-9(2)18-7-6-15(3)13(17)10-4-5-11(14)12(16)8-10/h4-5,8-9,16H,6-7H2,1-3H3. The second-order valence-electron chi connectivity index (χ2n) is 4.31. The summed E-state index contributed by atoms with van der Waals surface area (Å²) in [7, 11) is 1.72. The van der Waals surface area contributed by atoms with Gasteiger partial charge < -0.3 is 14.7 Å². The van der Waals surface area contributed by atoms with E-state index in [1.165, 1.54) is 6.07 Å². The first-order chi connectivity index (χ1) is 8.41. The zero-order valence-corrected chi connectivity index (χ0v) is 13.0. The molecule has 0 saturated heterocycles. The van der Waals surface area contributed by atoms with E-state index >= 15 is 0 Å². The molecule has 1 N–H and O–H groups in total. The lowest BCUT2D eigenvalue weighted by Gasteiger charge is -2.18. The highest BCUT2D eigenvalue weighted by atomic mass is 127. The summed E-state index contributed by atoms with van der Waals surface area (Å²) in [5, 5.41) is 9.58. The monoisotopic (exact) mass is 363 g/mol. The summed E-state index contributed by atoms with van der Waals surface area (Å²) in [6, 6.07) is 4.93. The fourth-order valence-corrected chi connectivity index (χ4v) is 1.73. The fraction of sp³-hybridized carbons (Fsp3) is 0.462. The van der Waals surface area contributed by atoms with E-state index in [4.69, 9.17) is 4.74 Å². The molecule has 0 unspecified atom stereocenters. The molecule has 0 heterocycles. The van der Waals surface area contributed by atoms with Crippen molar-refractivity contribution >= 4 is 28.5 Å². The summed E-state index contributed by atoms with van der Waals surface area (Å²) < 4.78 is 6.13. The Morgan fingerprint density at radius 3 is 2.72 bits per heavy atom. The number of ether oxygens (including phenoxy) is 1. The average Bonchev–Trinajstić information content (AvgIpc) is 2.31. The van der Waals surface area contributed by atoms with Gasteiger partial charge in [-0.15, -0.1) is 0 Å². The number of aromatic hydroxyl groups is 1. The summed E-state index contributed by atoms with van der Waals surface area (Å²) in [4.78, 5) is 13.6. The van der Waals surface area contributed by atoms with Gasteiger partial charge in [-0.3, -0.25) is 4.79 Å². The molecule has 1 amide bonds. The third-order valence-corrected chi connectivity index (χ3v) is 3.33. The van der Waals surface area contributed by atoms with Crippen molar-refractivity contribution in [1.29, 1.82) is 0 Å². The van der Waals surface area contributed by atoms with Crippen molar-refractivity contribution in [2.24, 2.45) is 0 Å². The van der Waals surface area contributed by atoms with Gasteiger partial charge in [0, 0.05) is 19.2 Å². The minimum Gasteiger partial charge on any atom is -0.507 e. The zero-order valence-electron chi connectivity index (χ0n) is 10.8. The van der Waals surface area contributed by atoms with E-state index in [9.17, 15) is 9.90 Å². The van der Waals surface area contributed by atoms with Crippen LogP contribution in [0.4, 0.5) is 0 Å². The van der Waals surface area contributed by atoms with Crippen molar-refractivity contribution in [3.8, 4) is 5.75 Å². The lowest BCUT2D eigenvalue weighted by molar-refractivity contribution is 0.0532. The van der Waals surface area contributed by atoms with Crippen LogP contribution >= 0.6 is 22.6 Å². The third-order valence-electron chi connectivity index (χ3n) is 2.42. The minimum absolute atomic E-state index is 0.117. The van der Waals surface area contributed by atoms with Gasteiger partial charge in [-0.05, 0) is 54.6 Å². The van der Waals surface area contributed by atoms with E-state index in [1.54, 1.807) is 24.1 Å². The van der Waals surface area contributed by atoms with Crippen LogP contribution in [-0.2, 0) is 4.74 Å². The molecule has 1 rings (SSSR count). The zero-order chi connectivity index (χ0) is 13.7. The third kappa shape index (κ3) is 4.45. The molecule has 0 aromatic heterocycles. The second-order valence-corrected chi connectivity index (χ2v) is 5.47. The van der Waals surface area contributed by atoms with Crippen molar-refractivity contribution < 1.29 is 14.6 Å². The molecule has 0 fully saturated rings. The Bertz CT molecular complexity index is 421. The van der Waals surface area contributed by atoms with E-state index in [1.807, 2.05) is 36.4 Å². The molecule has 0 aliphatic carbocycles. The molecule has 4 nitrogen and oxygen atoms in total. The highest BCUT2D eigenvalue weighted by Crippen LogP contribution is 2.21. The smallest absolute Gasteiger partial charge is 0.253 e. The molecule has 0 aliphatic heterocycles. The second kappa shape index (κ2) is 6.94. The van der Waals surface area contributed by atoms with Crippen LogP contribution in [0.25, 0.3) is 0 Å². The lowest BCUT2D eigenvalue weighted by atomic mass is 10.2. The van der Waals surface area contributed by atoms with Crippen LogP contribution in [-0.4, -0.2) is 42.2 Å². The molecule has 1 aromatic rings. The summed E-state index contributed by atoms with van der Waals surface area (Å²) in [6.07, 6.45) is 0.163. The molecule has 0 saturated carbocycles. The molecule has 5 heteroatoms.